The molecular weight excluding hydrogens is 288 g/mol. The lowest BCUT2D eigenvalue weighted by Gasteiger charge is -1.88. The second-order valence-electron chi connectivity index (χ2n) is 2.33. The summed E-state index contributed by atoms with van der Waals surface area (Å²) in [6.45, 7) is 0. The highest BCUT2D eigenvalue weighted by atomic mass is 79.9. The first kappa shape index (κ1) is 8.07. The summed E-state index contributed by atoms with van der Waals surface area (Å²) >= 11 is 6.31. The Bertz CT molecular complexity index is 444. The number of halogens is 2. The van der Waals surface area contributed by atoms with Gasteiger partial charge in [-0.3, -0.25) is 0 Å². The second-order valence-corrected chi connectivity index (χ2v) is 3.75. The molecule has 3 nitrogen and oxygen atoms in total. The third-order valence-corrected chi connectivity index (χ3v) is 3.01. The molecule has 0 amide bonds. The molecule has 1 heterocycles. The molecule has 0 unspecified atom stereocenters. The van der Waals surface area contributed by atoms with Crippen LogP contribution in [0.25, 0.3) is 11.0 Å². The normalized spacial score (nSPS) is 10.8. The van der Waals surface area contributed by atoms with E-state index in [2.05, 4.69) is 32.3 Å². The molecule has 12 heavy (non-hydrogen) atoms. The molecule has 0 N–H and O–H groups in total. The van der Waals surface area contributed by atoms with Gasteiger partial charge < -0.3 is 0 Å². The van der Waals surface area contributed by atoms with Gasteiger partial charge in [-0.15, -0.1) is 0 Å². The number of hydrogen-bond donors (Lipinski definition) is 0. The van der Waals surface area contributed by atoms with Crippen molar-refractivity contribution < 1.29 is 0 Å². The Kier molecular flexibility index (Phi) is 1.84. The van der Waals surface area contributed by atoms with Gasteiger partial charge in [-0.2, -0.15) is 0 Å². The van der Waals surface area contributed by atoms with Crippen LogP contribution in [0, 0.1) is 0 Å². The lowest BCUT2D eigenvalue weighted by atomic mass is 10.3. The van der Waals surface area contributed by atoms with Gasteiger partial charge in [0.15, 0.2) is 0 Å². The van der Waals surface area contributed by atoms with Crippen LogP contribution in [0.5, 0.6) is 0 Å². The second kappa shape index (κ2) is 2.74. The van der Waals surface area contributed by atoms with Gasteiger partial charge in [0.05, 0.1) is 43.3 Å². The molecule has 0 aliphatic heterocycles. The topological polar surface area (TPSA) is 26.9 Å². The minimum absolute atomic E-state index is 0.142. The molecule has 2 aromatic rings. The van der Waals surface area contributed by atoms with Gasteiger partial charge >= 0.3 is 5.69 Å². The van der Waals surface area contributed by atoms with Crippen LogP contribution in [0.4, 0.5) is 0 Å². The standard InChI is InChI=1S/C7H4Br2N2O/c8-10-5-3-1-2-4-6(5)11(9)7(10)12/h1-4H. The van der Waals surface area contributed by atoms with Crippen molar-refractivity contribution in [2.45, 2.75) is 0 Å². The van der Waals surface area contributed by atoms with Crippen LogP contribution in [0.15, 0.2) is 29.1 Å². The Balaban J connectivity index is 3.09. The average Bonchev–Trinajstić information content (AvgIpc) is 2.33. The van der Waals surface area contributed by atoms with E-state index in [1.165, 1.54) is 7.19 Å². The summed E-state index contributed by atoms with van der Waals surface area (Å²) in [6.07, 6.45) is 0. The maximum Gasteiger partial charge on any atom is 0.349 e. The minimum Gasteiger partial charge on any atom is -0.246 e. The van der Waals surface area contributed by atoms with Gasteiger partial charge in [0.1, 0.15) is 0 Å². The van der Waals surface area contributed by atoms with Gasteiger partial charge in [-0.05, 0) is 12.1 Å². The van der Waals surface area contributed by atoms with E-state index in [9.17, 15) is 4.79 Å². The molecule has 0 bridgehead atoms. The van der Waals surface area contributed by atoms with E-state index in [0.29, 0.717) is 0 Å². The molecule has 2 rings (SSSR count). The van der Waals surface area contributed by atoms with Crippen molar-refractivity contribution in [1.29, 1.82) is 0 Å². The van der Waals surface area contributed by atoms with Crippen LogP contribution in [0.1, 0.15) is 0 Å². The Morgan fingerprint density at radius 1 is 1.00 bits per heavy atom. The average molecular weight is 292 g/mol. The largest absolute Gasteiger partial charge is 0.349 e. The number of rotatable bonds is 0. The molecule has 5 heteroatoms. The summed E-state index contributed by atoms with van der Waals surface area (Å²) < 4.78 is 2.83. The maximum absolute atomic E-state index is 11.3. The van der Waals surface area contributed by atoms with Crippen molar-refractivity contribution in [2.24, 2.45) is 0 Å². The Morgan fingerprint density at radius 3 is 1.83 bits per heavy atom. The zero-order chi connectivity index (χ0) is 8.72. The molecule has 0 saturated carbocycles. The third kappa shape index (κ3) is 0.964. The molecular formula is C7H4Br2N2O. The Labute approximate surface area is 85.3 Å². The van der Waals surface area contributed by atoms with E-state index < -0.39 is 0 Å². The number of benzene rings is 1. The highest BCUT2D eigenvalue weighted by Gasteiger charge is 2.07. The smallest absolute Gasteiger partial charge is 0.246 e. The lowest BCUT2D eigenvalue weighted by Crippen LogP contribution is -2.12. The predicted molar refractivity (Wildman–Crippen MR) is 54.8 cm³/mol. The van der Waals surface area contributed by atoms with Crippen molar-refractivity contribution in [3.05, 3.63) is 34.7 Å². The Hall–Kier alpha value is -0.550. The minimum atomic E-state index is -0.142. The first-order chi connectivity index (χ1) is 5.72. The highest BCUT2D eigenvalue weighted by Crippen LogP contribution is 2.15. The quantitative estimate of drug-likeness (QED) is 0.730. The van der Waals surface area contributed by atoms with Gasteiger partial charge in [-0.25, -0.2) is 12.0 Å². The van der Waals surface area contributed by atoms with Crippen LogP contribution in [0.2, 0.25) is 0 Å². The number of fused-ring (bicyclic) bond motifs is 1. The van der Waals surface area contributed by atoms with Gasteiger partial charge in [0.2, 0.25) is 0 Å². The molecule has 0 saturated heterocycles. The molecule has 1 aromatic heterocycles. The monoisotopic (exact) mass is 290 g/mol. The molecule has 0 aliphatic carbocycles. The highest BCUT2D eigenvalue weighted by molar-refractivity contribution is 9.08. The van der Waals surface area contributed by atoms with E-state index in [1.807, 2.05) is 24.3 Å². The number of aromatic nitrogens is 2. The summed E-state index contributed by atoms with van der Waals surface area (Å²) in [5.74, 6) is 0. The van der Waals surface area contributed by atoms with Crippen LogP contribution in [-0.2, 0) is 0 Å². The van der Waals surface area contributed by atoms with Gasteiger partial charge in [0.25, 0.3) is 0 Å². The maximum atomic E-state index is 11.3. The first-order valence-electron chi connectivity index (χ1n) is 3.26. The Morgan fingerprint density at radius 2 is 1.42 bits per heavy atom. The zero-order valence-corrected chi connectivity index (χ0v) is 9.04. The third-order valence-electron chi connectivity index (χ3n) is 1.64. The molecule has 0 fully saturated rings. The number of nitrogens with zero attached hydrogens (tertiary/aromatic N) is 2. The summed E-state index contributed by atoms with van der Waals surface area (Å²) in [4.78, 5) is 11.3. The summed E-state index contributed by atoms with van der Waals surface area (Å²) in [6, 6.07) is 7.49. The molecule has 62 valence electrons. The summed E-state index contributed by atoms with van der Waals surface area (Å²) in [5.41, 5.74) is 1.55. The molecule has 0 radical (unpaired) electrons. The van der Waals surface area contributed by atoms with Gasteiger partial charge in [-0.1, -0.05) is 12.1 Å². The number of hydrogen-bond acceptors (Lipinski definition) is 1. The number of imidazole rings is 1. The summed E-state index contributed by atoms with van der Waals surface area (Å²) in [5, 5.41) is 0. The molecule has 0 spiro atoms. The van der Waals surface area contributed by atoms with E-state index >= 15 is 0 Å². The van der Waals surface area contributed by atoms with Crippen LogP contribution >= 0.6 is 32.3 Å². The van der Waals surface area contributed by atoms with Crippen molar-refractivity contribution in [3.8, 4) is 0 Å². The van der Waals surface area contributed by atoms with E-state index in [0.717, 1.165) is 11.0 Å². The molecule has 0 atom stereocenters. The molecule has 1 aromatic carbocycles. The SMILES string of the molecule is O=c1n(Br)c2ccccc2n1Br. The first-order valence-corrected chi connectivity index (χ1v) is 4.68. The van der Waals surface area contributed by atoms with Crippen molar-refractivity contribution >= 4 is 43.3 Å². The van der Waals surface area contributed by atoms with Crippen LogP contribution in [0.3, 0.4) is 0 Å². The number of para-hydroxylation sites is 2. The van der Waals surface area contributed by atoms with Crippen LogP contribution < -0.4 is 5.69 Å². The van der Waals surface area contributed by atoms with E-state index in [-0.39, 0.29) is 5.69 Å². The predicted octanol–water partition coefficient (Wildman–Crippen LogP) is 2.12. The fraction of sp³-hybridized carbons (Fsp3) is 0. The van der Waals surface area contributed by atoms with E-state index in [4.69, 9.17) is 0 Å². The van der Waals surface area contributed by atoms with Crippen LogP contribution in [-0.4, -0.2) is 7.19 Å². The van der Waals surface area contributed by atoms with Crippen molar-refractivity contribution in [2.75, 3.05) is 0 Å². The van der Waals surface area contributed by atoms with Crippen molar-refractivity contribution in [3.63, 3.8) is 0 Å². The fourth-order valence-electron chi connectivity index (χ4n) is 1.08. The zero-order valence-electron chi connectivity index (χ0n) is 5.87. The molecule has 0 aliphatic rings. The van der Waals surface area contributed by atoms with Gasteiger partial charge in [0, 0.05) is 0 Å². The lowest BCUT2D eigenvalue weighted by molar-refractivity contribution is 1.13. The van der Waals surface area contributed by atoms with Crippen molar-refractivity contribution in [1.82, 2.24) is 7.19 Å². The fourth-order valence-corrected chi connectivity index (χ4v) is 2.21. The summed E-state index contributed by atoms with van der Waals surface area (Å²) in [7, 11) is 0. The van der Waals surface area contributed by atoms with E-state index in [1.54, 1.807) is 0 Å².